The van der Waals surface area contributed by atoms with E-state index in [1.165, 1.54) is 5.01 Å². The Kier molecular flexibility index (Phi) is 8.55. The molecule has 2 aromatic rings. The summed E-state index contributed by atoms with van der Waals surface area (Å²) in [5.74, 6) is 3.75. The third kappa shape index (κ3) is 5.92. The van der Waals surface area contributed by atoms with Crippen molar-refractivity contribution in [3.63, 3.8) is 0 Å². The molecule has 3 aliphatic rings. The zero-order chi connectivity index (χ0) is 29.3. The van der Waals surface area contributed by atoms with Crippen molar-refractivity contribution in [2.24, 2.45) is 23.4 Å². The summed E-state index contributed by atoms with van der Waals surface area (Å²) >= 11 is 3.69. The van der Waals surface area contributed by atoms with Crippen molar-refractivity contribution in [3.8, 4) is 5.75 Å². The standard InChI is InChI=1S/C30H36BrN5O5/c1-34(33)15-19(32)17-41-26-11-10-24(31)23-12-13-36(29(38)21-8-4-5-9-22(21)30(39)40)25(27(23)26)16-35-14-18-6-2-3-7-20(18)28(35)37/h2-3,6-7,10-11,15,21-22,25H,4-5,8-9,12-14,16-17,32-33H2,1H3,(H,39,40)/b19-15-/t21-,22+,25-/m1/s1. The minimum absolute atomic E-state index is 0.0775. The summed E-state index contributed by atoms with van der Waals surface area (Å²) in [5.41, 5.74) is 9.94. The van der Waals surface area contributed by atoms with Gasteiger partial charge in [-0.3, -0.25) is 14.4 Å². The fraction of sp³-hybridized carbons (Fsp3) is 0.433. The Morgan fingerprint density at radius 3 is 2.61 bits per heavy atom. The van der Waals surface area contributed by atoms with E-state index in [4.69, 9.17) is 16.3 Å². The van der Waals surface area contributed by atoms with Crippen LogP contribution in [0.3, 0.4) is 0 Å². The summed E-state index contributed by atoms with van der Waals surface area (Å²) in [6, 6.07) is 10.7. The highest BCUT2D eigenvalue weighted by atomic mass is 79.9. The number of nitrogens with two attached hydrogens (primary N) is 2. The molecule has 0 spiro atoms. The molecule has 41 heavy (non-hydrogen) atoms. The first-order chi connectivity index (χ1) is 19.7. The van der Waals surface area contributed by atoms with Crippen molar-refractivity contribution in [3.05, 3.63) is 75.0 Å². The zero-order valence-electron chi connectivity index (χ0n) is 23.1. The lowest BCUT2D eigenvalue weighted by Crippen LogP contribution is -2.50. The molecule has 10 nitrogen and oxygen atoms in total. The molecular formula is C30H36BrN5O5. The fourth-order valence-electron chi connectivity index (χ4n) is 6.43. The van der Waals surface area contributed by atoms with Crippen LogP contribution >= 0.6 is 15.9 Å². The molecule has 5 rings (SSSR count). The number of carbonyl (C=O) groups is 3. The lowest BCUT2D eigenvalue weighted by Gasteiger charge is -2.43. The van der Waals surface area contributed by atoms with E-state index < -0.39 is 23.8 Å². The lowest BCUT2D eigenvalue weighted by atomic mass is 9.77. The number of carboxylic acids is 1. The maximum atomic E-state index is 14.2. The number of hydrogen-bond donors (Lipinski definition) is 3. The molecule has 2 amide bonds. The Balaban J connectivity index is 1.53. The number of benzene rings is 2. The average Bonchev–Trinajstić information content (AvgIpc) is 3.27. The van der Waals surface area contributed by atoms with Gasteiger partial charge in [0.1, 0.15) is 12.4 Å². The average molecular weight is 627 g/mol. The first kappa shape index (κ1) is 28.9. The van der Waals surface area contributed by atoms with Crippen LogP contribution in [-0.4, -0.2) is 64.4 Å². The normalized spacial score (nSPS) is 22.3. The Labute approximate surface area is 248 Å². The third-order valence-electron chi connectivity index (χ3n) is 8.31. The molecule has 0 unspecified atom stereocenters. The van der Waals surface area contributed by atoms with Crippen LogP contribution in [0.5, 0.6) is 5.75 Å². The molecule has 1 aliphatic carbocycles. The van der Waals surface area contributed by atoms with Gasteiger partial charge in [0, 0.05) is 48.5 Å². The summed E-state index contributed by atoms with van der Waals surface area (Å²) in [6.07, 6.45) is 4.76. The molecule has 0 bridgehead atoms. The second-order valence-electron chi connectivity index (χ2n) is 11.1. The zero-order valence-corrected chi connectivity index (χ0v) is 24.7. The van der Waals surface area contributed by atoms with Gasteiger partial charge in [-0.05, 0) is 48.6 Å². The van der Waals surface area contributed by atoms with Crippen LogP contribution in [-0.2, 0) is 22.6 Å². The molecule has 2 aromatic carbocycles. The highest BCUT2D eigenvalue weighted by Crippen LogP contribution is 2.43. The second-order valence-corrected chi connectivity index (χ2v) is 11.9. The number of ether oxygens (including phenoxy) is 1. The van der Waals surface area contributed by atoms with Gasteiger partial charge in [-0.1, -0.05) is 47.0 Å². The lowest BCUT2D eigenvalue weighted by molar-refractivity contribution is -0.153. The number of carboxylic acid groups (broad SMARTS) is 1. The van der Waals surface area contributed by atoms with Crippen molar-refractivity contribution in [1.29, 1.82) is 0 Å². The predicted molar refractivity (Wildman–Crippen MR) is 156 cm³/mol. The largest absolute Gasteiger partial charge is 0.487 e. The van der Waals surface area contributed by atoms with Gasteiger partial charge in [0.05, 0.1) is 23.6 Å². The summed E-state index contributed by atoms with van der Waals surface area (Å²) < 4.78 is 7.09. The van der Waals surface area contributed by atoms with Crippen LogP contribution in [0.15, 0.2) is 52.8 Å². The monoisotopic (exact) mass is 625 g/mol. The molecule has 0 saturated heterocycles. The number of aliphatic carboxylic acids is 1. The van der Waals surface area contributed by atoms with E-state index >= 15 is 0 Å². The van der Waals surface area contributed by atoms with Crippen LogP contribution in [0.25, 0.3) is 0 Å². The van der Waals surface area contributed by atoms with Crippen LogP contribution < -0.4 is 16.3 Å². The van der Waals surface area contributed by atoms with Gasteiger partial charge in [-0.2, -0.15) is 0 Å². The van der Waals surface area contributed by atoms with Gasteiger partial charge >= 0.3 is 5.97 Å². The first-order valence-corrected chi connectivity index (χ1v) is 14.7. The molecule has 1 saturated carbocycles. The molecule has 11 heteroatoms. The topological polar surface area (TPSA) is 142 Å². The number of amides is 2. The Bertz CT molecular complexity index is 1380. The van der Waals surface area contributed by atoms with Gasteiger partial charge in [-0.15, -0.1) is 0 Å². The van der Waals surface area contributed by atoms with Crippen molar-refractivity contribution < 1.29 is 24.2 Å². The van der Waals surface area contributed by atoms with E-state index in [1.54, 1.807) is 23.0 Å². The predicted octanol–water partition coefficient (Wildman–Crippen LogP) is 3.41. The van der Waals surface area contributed by atoms with Crippen LogP contribution in [0.2, 0.25) is 0 Å². The third-order valence-corrected chi connectivity index (χ3v) is 9.05. The van der Waals surface area contributed by atoms with E-state index in [9.17, 15) is 19.5 Å². The Morgan fingerprint density at radius 2 is 1.90 bits per heavy atom. The van der Waals surface area contributed by atoms with E-state index in [-0.39, 0.29) is 25.0 Å². The molecule has 2 heterocycles. The van der Waals surface area contributed by atoms with Crippen LogP contribution in [0.1, 0.15) is 58.8 Å². The van der Waals surface area contributed by atoms with Gasteiger partial charge in [0.15, 0.2) is 0 Å². The van der Waals surface area contributed by atoms with Crippen molar-refractivity contribution in [2.75, 3.05) is 26.7 Å². The molecule has 3 atom stereocenters. The molecule has 0 aromatic heterocycles. The van der Waals surface area contributed by atoms with Gasteiger partial charge in [0.2, 0.25) is 5.91 Å². The van der Waals surface area contributed by atoms with E-state index in [0.717, 1.165) is 34.0 Å². The van der Waals surface area contributed by atoms with E-state index in [0.29, 0.717) is 49.4 Å². The fourth-order valence-corrected chi connectivity index (χ4v) is 6.97. The van der Waals surface area contributed by atoms with Gasteiger partial charge < -0.3 is 30.4 Å². The summed E-state index contributed by atoms with van der Waals surface area (Å²) in [5, 5.41) is 11.3. The number of nitrogens with zero attached hydrogens (tertiary/aromatic N) is 3. The van der Waals surface area contributed by atoms with Crippen molar-refractivity contribution >= 4 is 33.7 Å². The molecule has 5 N–H and O–H groups in total. The Morgan fingerprint density at radius 1 is 1.17 bits per heavy atom. The van der Waals surface area contributed by atoms with E-state index in [2.05, 4.69) is 15.9 Å². The maximum Gasteiger partial charge on any atom is 0.307 e. The SMILES string of the molecule is CN(N)/C=C(\N)COc1ccc(Br)c2c1[C@@H](CN1Cc3ccccc3C1=O)N(C(=O)[C@@H]1CCCC[C@@H]1C(=O)O)CC2. The minimum atomic E-state index is -0.930. The second kappa shape index (κ2) is 12.1. The summed E-state index contributed by atoms with van der Waals surface area (Å²) in [7, 11) is 1.66. The smallest absolute Gasteiger partial charge is 0.307 e. The van der Waals surface area contributed by atoms with Crippen molar-refractivity contribution in [1.82, 2.24) is 14.8 Å². The molecule has 1 fully saturated rings. The maximum absolute atomic E-state index is 14.2. The number of rotatable bonds is 8. The van der Waals surface area contributed by atoms with Crippen LogP contribution in [0.4, 0.5) is 0 Å². The molecule has 218 valence electrons. The number of carbonyl (C=O) groups excluding carboxylic acids is 2. The molecule has 0 radical (unpaired) electrons. The number of fused-ring (bicyclic) bond motifs is 2. The van der Waals surface area contributed by atoms with E-state index in [1.807, 2.05) is 36.4 Å². The van der Waals surface area contributed by atoms with Gasteiger partial charge in [0.25, 0.3) is 5.91 Å². The van der Waals surface area contributed by atoms with Gasteiger partial charge in [-0.25, -0.2) is 5.84 Å². The quantitative estimate of drug-likeness (QED) is 0.299. The number of hydrogen-bond acceptors (Lipinski definition) is 7. The van der Waals surface area contributed by atoms with Crippen LogP contribution in [0, 0.1) is 11.8 Å². The Hall–Kier alpha value is -3.57. The van der Waals surface area contributed by atoms with Crippen molar-refractivity contribution in [2.45, 2.75) is 44.7 Å². The highest BCUT2D eigenvalue weighted by Gasteiger charge is 2.44. The minimum Gasteiger partial charge on any atom is -0.487 e. The number of halogens is 1. The first-order valence-electron chi connectivity index (χ1n) is 13.9. The highest BCUT2D eigenvalue weighted by molar-refractivity contribution is 9.10. The molecular weight excluding hydrogens is 590 g/mol. The summed E-state index contributed by atoms with van der Waals surface area (Å²) in [6.45, 7) is 1.18. The molecule has 2 aliphatic heterocycles. The summed E-state index contributed by atoms with van der Waals surface area (Å²) in [4.78, 5) is 43.3. The number of hydrazine groups is 1.